The molecule has 0 saturated heterocycles. The maximum atomic E-state index is 12.0. The van der Waals surface area contributed by atoms with Crippen LogP contribution in [0.2, 0.25) is 0 Å². The van der Waals surface area contributed by atoms with Crippen LogP contribution in [0.25, 0.3) is 32.6 Å². The molecule has 10 nitrogen and oxygen atoms in total. The first-order valence-electron chi connectivity index (χ1n) is 11.1. The van der Waals surface area contributed by atoms with Gasteiger partial charge in [-0.2, -0.15) is 0 Å². The van der Waals surface area contributed by atoms with Crippen molar-refractivity contribution in [2.45, 2.75) is 26.4 Å². The highest BCUT2D eigenvalue weighted by Crippen LogP contribution is 2.38. The minimum atomic E-state index is -0.587. The van der Waals surface area contributed by atoms with Gasteiger partial charge in [0.05, 0.1) is 22.3 Å². The van der Waals surface area contributed by atoms with Crippen molar-refractivity contribution in [3.05, 3.63) is 54.7 Å². The SMILES string of the molecule is CCNC(=O)Nc1nc2cc(-c3cnc(C(C)OC(=O)CCN)nc3)cc(-c3ccccn3)c2s1. The van der Waals surface area contributed by atoms with Crippen LogP contribution in [0.5, 0.6) is 0 Å². The summed E-state index contributed by atoms with van der Waals surface area (Å²) in [7, 11) is 0. The highest BCUT2D eigenvalue weighted by molar-refractivity contribution is 7.22. The van der Waals surface area contributed by atoms with Gasteiger partial charge in [-0.3, -0.25) is 15.1 Å². The first kappa shape index (κ1) is 24.2. The van der Waals surface area contributed by atoms with Gasteiger partial charge in [-0.1, -0.05) is 17.4 Å². The van der Waals surface area contributed by atoms with E-state index in [2.05, 4.69) is 30.6 Å². The smallest absolute Gasteiger partial charge is 0.321 e. The number of hydrogen-bond donors (Lipinski definition) is 3. The number of urea groups is 1. The second-order valence-electron chi connectivity index (χ2n) is 7.59. The van der Waals surface area contributed by atoms with Gasteiger partial charge >= 0.3 is 12.0 Å². The minimum Gasteiger partial charge on any atom is -0.454 e. The lowest BCUT2D eigenvalue weighted by Crippen LogP contribution is -2.28. The van der Waals surface area contributed by atoms with Crippen molar-refractivity contribution in [3.8, 4) is 22.4 Å². The Kier molecular flexibility index (Phi) is 7.58. The molecule has 0 aliphatic heterocycles. The molecule has 3 heterocycles. The van der Waals surface area contributed by atoms with Crippen LogP contribution in [-0.2, 0) is 9.53 Å². The van der Waals surface area contributed by atoms with Gasteiger partial charge in [-0.05, 0) is 43.7 Å². The summed E-state index contributed by atoms with van der Waals surface area (Å²) in [5.41, 5.74) is 9.38. The highest BCUT2D eigenvalue weighted by Gasteiger charge is 2.17. The molecule has 0 bridgehead atoms. The number of benzene rings is 1. The Morgan fingerprint density at radius 1 is 1.14 bits per heavy atom. The number of anilines is 1. The molecular formula is C24H25N7O3S. The number of amides is 2. The molecule has 4 rings (SSSR count). The molecule has 0 saturated carbocycles. The van der Waals surface area contributed by atoms with Crippen molar-refractivity contribution in [2.24, 2.45) is 5.73 Å². The zero-order valence-electron chi connectivity index (χ0n) is 19.3. The number of esters is 1. The zero-order valence-corrected chi connectivity index (χ0v) is 20.1. The predicted molar refractivity (Wildman–Crippen MR) is 135 cm³/mol. The lowest BCUT2D eigenvalue weighted by atomic mass is 10.0. The van der Waals surface area contributed by atoms with Gasteiger partial charge in [0.25, 0.3) is 0 Å². The summed E-state index contributed by atoms with van der Waals surface area (Å²) in [5, 5.41) is 5.97. The number of ether oxygens (including phenoxy) is 1. The molecule has 180 valence electrons. The van der Waals surface area contributed by atoms with Gasteiger partial charge in [0.2, 0.25) is 0 Å². The van der Waals surface area contributed by atoms with E-state index in [1.54, 1.807) is 25.5 Å². The Balaban J connectivity index is 1.69. The molecule has 2 amide bonds. The number of carbonyl (C=O) groups is 2. The van der Waals surface area contributed by atoms with Gasteiger partial charge in [-0.25, -0.2) is 19.7 Å². The van der Waals surface area contributed by atoms with Crippen molar-refractivity contribution < 1.29 is 14.3 Å². The Bertz CT molecular complexity index is 1330. The minimum absolute atomic E-state index is 0.142. The molecule has 0 aliphatic rings. The van der Waals surface area contributed by atoms with Crippen LogP contribution in [0.4, 0.5) is 9.93 Å². The Morgan fingerprint density at radius 3 is 2.63 bits per heavy atom. The molecule has 1 aromatic carbocycles. The largest absolute Gasteiger partial charge is 0.454 e. The topological polar surface area (TPSA) is 145 Å². The first-order chi connectivity index (χ1) is 17.0. The predicted octanol–water partition coefficient (Wildman–Crippen LogP) is 3.91. The van der Waals surface area contributed by atoms with Crippen LogP contribution in [0, 0.1) is 0 Å². The molecule has 0 aliphatic carbocycles. The van der Waals surface area contributed by atoms with E-state index in [9.17, 15) is 9.59 Å². The number of nitrogens with one attached hydrogen (secondary N) is 2. The number of thiazole rings is 1. The molecule has 35 heavy (non-hydrogen) atoms. The van der Waals surface area contributed by atoms with Crippen molar-refractivity contribution >= 4 is 38.7 Å². The van der Waals surface area contributed by atoms with Crippen molar-refractivity contribution in [2.75, 3.05) is 18.4 Å². The van der Waals surface area contributed by atoms with E-state index in [0.29, 0.717) is 23.0 Å². The third-order valence-electron chi connectivity index (χ3n) is 5.01. The third-order valence-corrected chi connectivity index (χ3v) is 6.03. The van der Waals surface area contributed by atoms with Crippen LogP contribution >= 0.6 is 11.3 Å². The normalized spacial score (nSPS) is 11.7. The highest BCUT2D eigenvalue weighted by atomic mass is 32.1. The van der Waals surface area contributed by atoms with Gasteiger partial charge in [0.15, 0.2) is 17.1 Å². The fourth-order valence-electron chi connectivity index (χ4n) is 3.39. The van der Waals surface area contributed by atoms with Crippen LogP contribution in [0.15, 0.2) is 48.9 Å². The number of fused-ring (bicyclic) bond motifs is 1. The van der Waals surface area contributed by atoms with Crippen molar-refractivity contribution in [1.82, 2.24) is 25.3 Å². The fraction of sp³-hybridized carbons (Fsp3) is 0.250. The summed E-state index contributed by atoms with van der Waals surface area (Å²) >= 11 is 1.38. The maximum Gasteiger partial charge on any atom is 0.321 e. The number of aromatic nitrogens is 4. The second kappa shape index (κ2) is 11.0. The van der Waals surface area contributed by atoms with Crippen LogP contribution in [-0.4, -0.2) is 45.0 Å². The monoisotopic (exact) mass is 491 g/mol. The zero-order chi connectivity index (χ0) is 24.8. The number of rotatable bonds is 8. The molecular weight excluding hydrogens is 466 g/mol. The standard InChI is InChI=1S/C24H25N7O3S/c1-3-26-23(33)31-24-30-19-11-15(10-17(21(19)35-24)18-6-4-5-9-27-18)16-12-28-22(29-13-16)14(2)34-20(32)7-8-25/h4-6,9-14H,3,7-8,25H2,1-2H3,(H2,26,30,31,33). The van der Waals surface area contributed by atoms with Crippen molar-refractivity contribution in [1.29, 1.82) is 0 Å². The Morgan fingerprint density at radius 2 is 1.94 bits per heavy atom. The molecule has 4 aromatic rings. The second-order valence-corrected chi connectivity index (χ2v) is 8.59. The van der Waals surface area contributed by atoms with Gasteiger partial charge in [0.1, 0.15) is 0 Å². The summed E-state index contributed by atoms with van der Waals surface area (Å²) in [5.74, 6) is 0.00549. The quantitative estimate of drug-likeness (QED) is 0.315. The summed E-state index contributed by atoms with van der Waals surface area (Å²) in [6.45, 7) is 4.30. The number of nitrogens with zero attached hydrogens (tertiary/aromatic N) is 4. The summed E-state index contributed by atoms with van der Waals surface area (Å²) < 4.78 is 6.21. The maximum absolute atomic E-state index is 12.0. The van der Waals surface area contributed by atoms with Crippen LogP contribution in [0.1, 0.15) is 32.2 Å². The van der Waals surface area contributed by atoms with Gasteiger partial charge < -0.3 is 15.8 Å². The summed E-state index contributed by atoms with van der Waals surface area (Å²) in [6, 6.07) is 9.31. The third kappa shape index (κ3) is 5.76. The van der Waals surface area contributed by atoms with E-state index < -0.39 is 12.1 Å². The summed E-state index contributed by atoms with van der Waals surface area (Å²) in [6.07, 6.45) is 4.64. The molecule has 11 heteroatoms. The molecule has 0 fully saturated rings. The molecule has 1 unspecified atom stereocenters. The average molecular weight is 492 g/mol. The number of carbonyl (C=O) groups excluding carboxylic acids is 2. The van der Waals surface area contributed by atoms with Crippen LogP contribution < -0.4 is 16.4 Å². The van der Waals surface area contributed by atoms with E-state index in [0.717, 1.165) is 27.1 Å². The molecule has 4 N–H and O–H groups in total. The van der Waals surface area contributed by atoms with E-state index in [4.69, 9.17) is 10.5 Å². The fourth-order valence-corrected chi connectivity index (χ4v) is 4.35. The molecule has 0 radical (unpaired) electrons. The van der Waals surface area contributed by atoms with E-state index in [-0.39, 0.29) is 19.0 Å². The Labute approximate surface area is 206 Å². The molecule has 1 atom stereocenters. The Hall–Kier alpha value is -3.96. The van der Waals surface area contributed by atoms with E-state index in [1.807, 2.05) is 37.3 Å². The number of hydrogen-bond acceptors (Lipinski definition) is 9. The van der Waals surface area contributed by atoms with Gasteiger partial charge in [0, 0.05) is 42.8 Å². The van der Waals surface area contributed by atoms with E-state index in [1.165, 1.54) is 11.3 Å². The lowest BCUT2D eigenvalue weighted by molar-refractivity contribution is -0.148. The van der Waals surface area contributed by atoms with Gasteiger partial charge in [-0.15, -0.1) is 0 Å². The van der Waals surface area contributed by atoms with Crippen molar-refractivity contribution in [3.63, 3.8) is 0 Å². The average Bonchev–Trinajstić information content (AvgIpc) is 3.26. The summed E-state index contributed by atoms with van der Waals surface area (Å²) in [4.78, 5) is 41.6. The molecule has 0 spiro atoms. The lowest BCUT2D eigenvalue weighted by Gasteiger charge is -2.12. The first-order valence-corrected chi connectivity index (χ1v) is 11.9. The molecule has 3 aromatic heterocycles. The number of pyridine rings is 1. The van der Waals surface area contributed by atoms with Crippen LogP contribution in [0.3, 0.4) is 0 Å². The van der Waals surface area contributed by atoms with E-state index >= 15 is 0 Å². The number of nitrogens with two attached hydrogens (primary N) is 1.